The van der Waals surface area contributed by atoms with Crippen LogP contribution in [0.15, 0.2) is 48.5 Å². The standard InChI is InChI=1S/C21H21ClN4O/c1-14-11-20(26-10-9-15-5-3-4-6-16(15)13-26)25-21(23-14)24-17-7-8-19(27-2)18(22)12-17/h3-8,11-12H,9-10,13H2,1-2H3,(H,23,24,25). The normalized spacial score (nSPS) is 13.2. The Morgan fingerprint density at radius 3 is 2.67 bits per heavy atom. The summed E-state index contributed by atoms with van der Waals surface area (Å²) in [7, 11) is 1.60. The third kappa shape index (κ3) is 3.83. The number of rotatable bonds is 4. The number of benzene rings is 2. The number of methoxy groups -OCH3 is 1. The summed E-state index contributed by atoms with van der Waals surface area (Å²) >= 11 is 6.21. The molecule has 0 saturated carbocycles. The Bertz CT molecular complexity index is 976. The van der Waals surface area contributed by atoms with Crippen molar-refractivity contribution in [3.05, 3.63) is 70.4 Å². The second-order valence-corrected chi connectivity index (χ2v) is 7.01. The molecule has 2 aromatic carbocycles. The lowest BCUT2D eigenvalue weighted by Gasteiger charge is -2.30. The van der Waals surface area contributed by atoms with Crippen molar-refractivity contribution in [3.8, 4) is 5.75 Å². The highest BCUT2D eigenvalue weighted by atomic mass is 35.5. The van der Waals surface area contributed by atoms with Crippen LogP contribution >= 0.6 is 11.6 Å². The molecule has 1 aromatic heterocycles. The molecule has 0 spiro atoms. The predicted molar refractivity (Wildman–Crippen MR) is 109 cm³/mol. The van der Waals surface area contributed by atoms with Crippen LogP contribution < -0.4 is 15.0 Å². The molecule has 0 bridgehead atoms. The molecule has 6 heteroatoms. The lowest BCUT2D eigenvalue weighted by Crippen LogP contribution is -2.31. The highest BCUT2D eigenvalue weighted by molar-refractivity contribution is 6.32. The molecule has 2 heterocycles. The molecule has 138 valence electrons. The Morgan fingerprint density at radius 1 is 1.07 bits per heavy atom. The van der Waals surface area contributed by atoms with Crippen molar-refractivity contribution in [3.63, 3.8) is 0 Å². The van der Waals surface area contributed by atoms with Gasteiger partial charge >= 0.3 is 0 Å². The predicted octanol–water partition coefficient (Wildman–Crippen LogP) is 4.75. The highest BCUT2D eigenvalue weighted by Crippen LogP contribution is 2.29. The van der Waals surface area contributed by atoms with Crippen LogP contribution in [0.1, 0.15) is 16.8 Å². The fraction of sp³-hybridized carbons (Fsp3) is 0.238. The fourth-order valence-electron chi connectivity index (χ4n) is 3.33. The summed E-state index contributed by atoms with van der Waals surface area (Å²) in [4.78, 5) is 11.5. The third-order valence-corrected chi connectivity index (χ3v) is 5.00. The summed E-state index contributed by atoms with van der Waals surface area (Å²) in [6.07, 6.45) is 1.02. The number of aromatic nitrogens is 2. The Morgan fingerprint density at radius 2 is 1.89 bits per heavy atom. The van der Waals surface area contributed by atoms with E-state index in [9.17, 15) is 0 Å². The Hall–Kier alpha value is -2.79. The molecule has 3 aromatic rings. The Kier molecular flexibility index (Phi) is 4.86. The van der Waals surface area contributed by atoms with Gasteiger partial charge in [-0.15, -0.1) is 0 Å². The van der Waals surface area contributed by atoms with E-state index in [4.69, 9.17) is 21.3 Å². The Labute approximate surface area is 164 Å². The topological polar surface area (TPSA) is 50.3 Å². The first-order valence-electron chi connectivity index (χ1n) is 8.90. The van der Waals surface area contributed by atoms with Gasteiger partial charge in [-0.05, 0) is 42.7 Å². The number of halogens is 1. The van der Waals surface area contributed by atoms with Gasteiger partial charge in [-0.3, -0.25) is 0 Å². The van der Waals surface area contributed by atoms with E-state index in [0.717, 1.165) is 36.7 Å². The molecule has 1 aliphatic heterocycles. The van der Waals surface area contributed by atoms with E-state index in [2.05, 4.69) is 39.5 Å². The van der Waals surface area contributed by atoms with Crippen LogP contribution in [0.5, 0.6) is 5.75 Å². The van der Waals surface area contributed by atoms with Crippen LogP contribution in [0.25, 0.3) is 0 Å². The van der Waals surface area contributed by atoms with Gasteiger partial charge in [0.2, 0.25) is 5.95 Å². The molecule has 27 heavy (non-hydrogen) atoms. The molecule has 0 amide bonds. The first kappa shape index (κ1) is 17.6. The molecular weight excluding hydrogens is 360 g/mol. The van der Waals surface area contributed by atoms with Gasteiger partial charge in [0.25, 0.3) is 0 Å². The monoisotopic (exact) mass is 380 g/mol. The van der Waals surface area contributed by atoms with E-state index in [0.29, 0.717) is 16.7 Å². The maximum atomic E-state index is 6.21. The molecule has 0 aliphatic carbocycles. The number of anilines is 3. The summed E-state index contributed by atoms with van der Waals surface area (Å²) in [6.45, 7) is 3.79. The maximum absolute atomic E-state index is 6.21. The van der Waals surface area contributed by atoms with Crippen molar-refractivity contribution in [2.45, 2.75) is 19.9 Å². The van der Waals surface area contributed by atoms with Gasteiger partial charge in [0.05, 0.1) is 12.1 Å². The van der Waals surface area contributed by atoms with Gasteiger partial charge in [-0.25, -0.2) is 4.98 Å². The molecule has 0 saturated heterocycles. The highest BCUT2D eigenvalue weighted by Gasteiger charge is 2.18. The first-order chi connectivity index (χ1) is 13.1. The number of hydrogen-bond donors (Lipinski definition) is 1. The van der Waals surface area contributed by atoms with Crippen LogP contribution in [0, 0.1) is 6.92 Å². The zero-order valence-corrected chi connectivity index (χ0v) is 16.1. The number of nitrogens with zero attached hydrogens (tertiary/aromatic N) is 3. The minimum absolute atomic E-state index is 0.544. The second-order valence-electron chi connectivity index (χ2n) is 6.61. The molecule has 0 unspecified atom stereocenters. The zero-order chi connectivity index (χ0) is 18.8. The van der Waals surface area contributed by atoms with E-state index in [1.54, 1.807) is 7.11 Å². The molecule has 1 aliphatic rings. The first-order valence-corrected chi connectivity index (χ1v) is 9.28. The summed E-state index contributed by atoms with van der Waals surface area (Å²) in [5.74, 6) is 2.13. The summed E-state index contributed by atoms with van der Waals surface area (Å²) in [6, 6.07) is 16.1. The summed E-state index contributed by atoms with van der Waals surface area (Å²) in [5, 5.41) is 3.79. The van der Waals surface area contributed by atoms with Gasteiger partial charge in [-0.2, -0.15) is 4.98 Å². The fourth-order valence-corrected chi connectivity index (χ4v) is 3.59. The molecule has 5 nitrogen and oxygen atoms in total. The van der Waals surface area contributed by atoms with E-state index in [1.807, 2.05) is 31.2 Å². The van der Waals surface area contributed by atoms with Gasteiger partial charge < -0.3 is 15.0 Å². The number of ether oxygens (including phenoxy) is 1. The quantitative estimate of drug-likeness (QED) is 0.707. The minimum atomic E-state index is 0.544. The zero-order valence-electron chi connectivity index (χ0n) is 15.4. The molecule has 0 fully saturated rings. The number of hydrogen-bond acceptors (Lipinski definition) is 5. The smallest absolute Gasteiger partial charge is 0.229 e. The van der Waals surface area contributed by atoms with Crippen molar-refractivity contribution in [2.24, 2.45) is 0 Å². The van der Waals surface area contributed by atoms with Crippen LogP contribution in [0.4, 0.5) is 17.5 Å². The average molecular weight is 381 g/mol. The molecule has 0 atom stereocenters. The average Bonchev–Trinajstić information content (AvgIpc) is 2.67. The second kappa shape index (κ2) is 7.45. The van der Waals surface area contributed by atoms with Crippen LogP contribution in [0.2, 0.25) is 5.02 Å². The lowest BCUT2D eigenvalue weighted by atomic mass is 10.00. The van der Waals surface area contributed by atoms with Crippen molar-refractivity contribution >= 4 is 29.1 Å². The van der Waals surface area contributed by atoms with E-state index < -0.39 is 0 Å². The van der Waals surface area contributed by atoms with E-state index in [1.165, 1.54) is 11.1 Å². The van der Waals surface area contributed by atoms with Crippen molar-refractivity contribution in [1.29, 1.82) is 0 Å². The van der Waals surface area contributed by atoms with Crippen molar-refractivity contribution in [1.82, 2.24) is 9.97 Å². The van der Waals surface area contributed by atoms with Crippen molar-refractivity contribution < 1.29 is 4.74 Å². The SMILES string of the molecule is COc1ccc(Nc2nc(C)cc(N3CCc4ccccc4C3)n2)cc1Cl. The number of aryl methyl sites for hydroxylation is 1. The summed E-state index contributed by atoms with van der Waals surface area (Å²) < 4.78 is 5.20. The van der Waals surface area contributed by atoms with Crippen LogP contribution in [0.3, 0.4) is 0 Å². The largest absolute Gasteiger partial charge is 0.495 e. The minimum Gasteiger partial charge on any atom is -0.495 e. The molecule has 4 rings (SSSR count). The van der Waals surface area contributed by atoms with Crippen LogP contribution in [-0.2, 0) is 13.0 Å². The van der Waals surface area contributed by atoms with Gasteiger partial charge in [-0.1, -0.05) is 35.9 Å². The third-order valence-electron chi connectivity index (χ3n) is 4.70. The Balaban J connectivity index is 1.58. The molecular formula is C21H21ClN4O. The molecule has 1 N–H and O–H groups in total. The van der Waals surface area contributed by atoms with Gasteiger partial charge in [0.1, 0.15) is 11.6 Å². The van der Waals surface area contributed by atoms with Gasteiger partial charge in [0.15, 0.2) is 0 Å². The summed E-state index contributed by atoms with van der Waals surface area (Å²) in [5.41, 5.74) is 4.52. The molecule has 0 radical (unpaired) electrons. The number of fused-ring (bicyclic) bond motifs is 1. The lowest BCUT2D eigenvalue weighted by molar-refractivity contribution is 0.415. The van der Waals surface area contributed by atoms with Crippen LogP contribution in [-0.4, -0.2) is 23.6 Å². The van der Waals surface area contributed by atoms with Crippen molar-refractivity contribution in [2.75, 3.05) is 23.9 Å². The van der Waals surface area contributed by atoms with Gasteiger partial charge in [0, 0.05) is 30.5 Å². The van der Waals surface area contributed by atoms with E-state index >= 15 is 0 Å². The maximum Gasteiger partial charge on any atom is 0.229 e. The number of nitrogens with one attached hydrogen (secondary N) is 1. The van der Waals surface area contributed by atoms with E-state index in [-0.39, 0.29) is 0 Å².